The van der Waals surface area contributed by atoms with Crippen LogP contribution >= 0.6 is 0 Å². The molecule has 44 heavy (non-hydrogen) atoms. The van der Waals surface area contributed by atoms with Gasteiger partial charge in [-0.1, -0.05) is 44.5 Å². The van der Waals surface area contributed by atoms with Gasteiger partial charge < -0.3 is 24.2 Å². The van der Waals surface area contributed by atoms with Crippen molar-refractivity contribution in [3.63, 3.8) is 0 Å². The van der Waals surface area contributed by atoms with Crippen molar-refractivity contribution < 1.29 is 24.1 Å². The zero-order valence-corrected chi connectivity index (χ0v) is 29.6. The zero-order valence-electron chi connectivity index (χ0n) is 28.6. The lowest BCUT2D eigenvalue weighted by Crippen LogP contribution is -2.57. The highest BCUT2D eigenvalue weighted by Crippen LogP contribution is 2.64. The van der Waals surface area contributed by atoms with E-state index in [9.17, 15) is 5.11 Å². The van der Waals surface area contributed by atoms with Gasteiger partial charge >= 0.3 is 0 Å². The number of fused-ring (bicyclic) bond motifs is 1. The fourth-order valence-electron chi connectivity index (χ4n) is 11.2. The minimum atomic E-state index is -1.91. The van der Waals surface area contributed by atoms with Crippen LogP contribution in [0, 0.1) is 17.8 Å². The van der Waals surface area contributed by atoms with Crippen LogP contribution in [0.2, 0.25) is 24.2 Å². The van der Waals surface area contributed by atoms with E-state index in [1.807, 2.05) is 14.2 Å². The number of carbonyl (C=O) groups is 1. The molecule has 6 rings (SSSR count). The molecule has 2 aliphatic carbocycles. The number of hydrogen-bond donors (Lipinski definition) is 3. The van der Waals surface area contributed by atoms with Crippen LogP contribution in [0.3, 0.4) is 0 Å². The molecule has 5 unspecified atom stereocenters. The SMILES string of the molecule is COC1CCC([Si](C)(C)[C@H]2[C@H](CCN3CC(CCO)NN3)O[C@@]3(C(=O)N4C5C(CC(OC)CC53)C(C)=CC4(C)C)[C@@H]2C)CC1. The fraction of sp³-hybridized carbons (Fsp3) is 0.912. The molecular formula is C34H60N4O5Si. The number of aliphatic hydroxyl groups is 1. The lowest BCUT2D eigenvalue weighted by molar-refractivity contribution is -0.158. The van der Waals surface area contributed by atoms with Crippen molar-refractivity contribution in [3.8, 4) is 0 Å². The maximum atomic E-state index is 15.2. The number of ether oxygens (including phenoxy) is 3. The molecule has 250 valence electrons. The largest absolute Gasteiger partial charge is 0.396 e. The minimum Gasteiger partial charge on any atom is -0.396 e. The van der Waals surface area contributed by atoms with Gasteiger partial charge in [0.1, 0.15) is 0 Å². The van der Waals surface area contributed by atoms with Gasteiger partial charge in [0.2, 0.25) is 0 Å². The summed E-state index contributed by atoms with van der Waals surface area (Å²) in [5.41, 5.74) is 8.02. The van der Waals surface area contributed by atoms with Crippen LogP contribution in [-0.2, 0) is 19.0 Å². The molecule has 2 saturated carbocycles. The van der Waals surface area contributed by atoms with E-state index in [2.05, 4.69) is 67.7 Å². The number of methoxy groups -OCH3 is 2. The number of aliphatic hydroxyl groups excluding tert-OH is 1. The van der Waals surface area contributed by atoms with E-state index in [4.69, 9.17) is 14.2 Å². The van der Waals surface area contributed by atoms with E-state index in [0.29, 0.717) is 23.1 Å². The van der Waals surface area contributed by atoms with Crippen LogP contribution in [0.4, 0.5) is 0 Å². The molecule has 0 aromatic heterocycles. The normalized spacial score (nSPS) is 44.0. The maximum Gasteiger partial charge on any atom is 0.256 e. The molecule has 1 amide bonds. The third kappa shape index (κ3) is 5.27. The molecule has 0 radical (unpaired) electrons. The smallest absolute Gasteiger partial charge is 0.256 e. The van der Waals surface area contributed by atoms with E-state index < -0.39 is 13.7 Å². The molecule has 10 heteroatoms. The number of rotatable bonds is 9. The highest BCUT2D eigenvalue weighted by atomic mass is 28.3. The first-order valence-corrected chi connectivity index (χ1v) is 20.7. The van der Waals surface area contributed by atoms with E-state index in [1.54, 1.807) is 0 Å². The molecule has 3 saturated heterocycles. The third-order valence-corrected chi connectivity index (χ3v) is 18.6. The molecule has 4 aliphatic heterocycles. The van der Waals surface area contributed by atoms with Crippen LogP contribution in [0.1, 0.15) is 79.1 Å². The van der Waals surface area contributed by atoms with Crippen molar-refractivity contribution in [1.82, 2.24) is 20.9 Å². The van der Waals surface area contributed by atoms with Crippen molar-refractivity contribution in [1.29, 1.82) is 0 Å². The second-order valence-electron chi connectivity index (χ2n) is 16.2. The van der Waals surface area contributed by atoms with Gasteiger partial charge in [-0.2, -0.15) is 5.53 Å². The summed E-state index contributed by atoms with van der Waals surface area (Å²) in [6.07, 6.45) is 11.1. The van der Waals surface area contributed by atoms with E-state index >= 15 is 4.79 Å². The number of hydrogen-bond acceptors (Lipinski definition) is 8. The predicted octanol–water partition coefficient (Wildman–Crippen LogP) is 4.25. The average molecular weight is 633 g/mol. The fourth-order valence-corrected chi connectivity index (χ4v) is 16.3. The molecule has 9 nitrogen and oxygen atoms in total. The Hall–Kier alpha value is -0.853. The maximum absolute atomic E-state index is 15.2. The Kier molecular flexibility index (Phi) is 9.25. The van der Waals surface area contributed by atoms with Gasteiger partial charge in [0.25, 0.3) is 5.91 Å². The van der Waals surface area contributed by atoms with Crippen molar-refractivity contribution >= 4 is 14.0 Å². The number of amides is 1. The number of nitrogens with zero attached hydrogens (tertiary/aromatic N) is 2. The molecule has 1 spiro atoms. The topological polar surface area (TPSA) is 95.5 Å². The summed E-state index contributed by atoms with van der Waals surface area (Å²) in [6, 6.07) is 0.407. The third-order valence-electron chi connectivity index (χ3n) is 13.3. The van der Waals surface area contributed by atoms with Gasteiger partial charge in [-0.3, -0.25) is 4.79 Å². The summed E-state index contributed by atoms with van der Waals surface area (Å²) in [4.78, 5) is 17.4. The highest BCUT2D eigenvalue weighted by molar-refractivity contribution is 6.80. The monoisotopic (exact) mass is 632 g/mol. The van der Waals surface area contributed by atoms with Crippen molar-refractivity contribution in [2.75, 3.05) is 33.9 Å². The number of carbonyl (C=O) groups excluding carboxylic acids is 1. The van der Waals surface area contributed by atoms with Crippen LogP contribution in [0.15, 0.2) is 11.6 Å². The molecule has 5 fully saturated rings. The summed E-state index contributed by atoms with van der Waals surface area (Å²) < 4.78 is 19.4. The molecule has 6 aliphatic rings. The first-order valence-electron chi connectivity index (χ1n) is 17.5. The predicted molar refractivity (Wildman–Crippen MR) is 174 cm³/mol. The van der Waals surface area contributed by atoms with Crippen molar-refractivity contribution in [2.24, 2.45) is 17.8 Å². The molecule has 0 bridgehead atoms. The molecular weight excluding hydrogens is 572 g/mol. The van der Waals surface area contributed by atoms with Gasteiger partial charge in [-0.25, -0.2) is 10.4 Å². The molecule has 3 N–H and O–H groups in total. The standard InChI is InChI=1S/C34H60N4O5Si/c1-21-19-33(3,4)38-30-27(21)17-25(42-6)18-28(30)34(32(38)40)22(2)31(44(7,8)26-11-9-24(41-5)10-12-26)29(43-34)13-15-37-20-23(14-16-39)35-36-37/h19,22-31,35-36,39H,9-18,20H2,1-8H3/t22-,23?,24?,25?,26?,27?,28?,29+,30?,31-,34+/m1/s1. The average Bonchev–Trinajstić information content (AvgIpc) is 3.64. The Bertz CT molecular complexity index is 1100. The van der Waals surface area contributed by atoms with Gasteiger partial charge in [0.15, 0.2) is 5.60 Å². The Morgan fingerprint density at radius 3 is 2.45 bits per heavy atom. The van der Waals surface area contributed by atoms with Crippen molar-refractivity contribution in [2.45, 2.75) is 145 Å². The van der Waals surface area contributed by atoms with E-state index in [-0.39, 0.29) is 54.2 Å². The van der Waals surface area contributed by atoms with E-state index in [0.717, 1.165) is 51.6 Å². The lowest BCUT2D eigenvalue weighted by atomic mass is 9.64. The van der Waals surface area contributed by atoms with Crippen LogP contribution < -0.4 is 11.0 Å². The second-order valence-corrected chi connectivity index (χ2v) is 21.4. The van der Waals surface area contributed by atoms with Crippen LogP contribution in [0.5, 0.6) is 0 Å². The lowest BCUT2D eigenvalue weighted by Gasteiger charge is -2.51. The molecule has 9 atom stereocenters. The first-order chi connectivity index (χ1) is 20.9. The second kappa shape index (κ2) is 12.3. The van der Waals surface area contributed by atoms with E-state index in [1.165, 1.54) is 18.4 Å². The summed E-state index contributed by atoms with van der Waals surface area (Å²) in [5, 5.41) is 11.7. The highest BCUT2D eigenvalue weighted by Gasteiger charge is 2.74. The number of hydrazine groups is 2. The Morgan fingerprint density at radius 1 is 1.09 bits per heavy atom. The molecule has 4 heterocycles. The summed E-state index contributed by atoms with van der Waals surface area (Å²) in [7, 11) is 1.79. The van der Waals surface area contributed by atoms with Gasteiger partial charge in [0, 0.05) is 57.8 Å². The van der Waals surface area contributed by atoms with Crippen LogP contribution in [-0.4, -0.2) is 104 Å². The quantitative estimate of drug-likeness (QED) is 0.257. The van der Waals surface area contributed by atoms with Crippen molar-refractivity contribution in [3.05, 3.63) is 11.6 Å². The van der Waals surface area contributed by atoms with Gasteiger partial charge in [-0.15, -0.1) is 0 Å². The molecule has 0 aromatic carbocycles. The summed E-state index contributed by atoms with van der Waals surface area (Å²) in [5.74, 6) is 0.830. The molecule has 0 aromatic rings. The summed E-state index contributed by atoms with van der Waals surface area (Å²) in [6.45, 7) is 16.2. The summed E-state index contributed by atoms with van der Waals surface area (Å²) >= 11 is 0. The first kappa shape index (κ1) is 33.1. The van der Waals surface area contributed by atoms with Crippen LogP contribution in [0.25, 0.3) is 0 Å². The van der Waals surface area contributed by atoms with Gasteiger partial charge in [0.05, 0.1) is 31.9 Å². The Morgan fingerprint density at radius 2 is 1.80 bits per heavy atom. The minimum absolute atomic E-state index is 0.0364. The Labute approximate surface area is 266 Å². The Balaban J connectivity index is 1.35. The zero-order chi connectivity index (χ0) is 31.6. The van der Waals surface area contributed by atoms with Gasteiger partial charge in [-0.05, 0) is 76.3 Å². The number of nitrogens with one attached hydrogen (secondary N) is 2.